The van der Waals surface area contributed by atoms with E-state index in [1.807, 2.05) is 22.6 Å². The molecule has 0 radical (unpaired) electrons. The third-order valence-corrected chi connectivity index (χ3v) is 4.66. The number of benzene rings is 2. The van der Waals surface area contributed by atoms with Gasteiger partial charge in [-0.2, -0.15) is 13.2 Å². The second-order valence-electron chi connectivity index (χ2n) is 5.46. The van der Waals surface area contributed by atoms with E-state index >= 15 is 0 Å². The van der Waals surface area contributed by atoms with Crippen LogP contribution in [-0.2, 0) is 10.9 Å². The van der Waals surface area contributed by atoms with E-state index in [9.17, 15) is 22.8 Å². The highest BCUT2D eigenvalue weighted by Crippen LogP contribution is 2.33. The highest BCUT2D eigenvalue weighted by molar-refractivity contribution is 14.1. The zero-order valence-electron chi connectivity index (χ0n) is 13.1. The molecule has 0 saturated carbocycles. The summed E-state index contributed by atoms with van der Waals surface area (Å²) in [4.78, 5) is 25.4. The summed E-state index contributed by atoms with van der Waals surface area (Å²) in [6, 6.07) is 9.38. The second-order valence-corrected chi connectivity index (χ2v) is 6.63. The highest BCUT2D eigenvalue weighted by Gasteiger charge is 2.31. The Morgan fingerprint density at radius 2 is 1.96 bits per heavy atom. The van der Waals surface area contributed by atoms with Gasteiger partial charge in [-0.05, 0) is 59.0 Å². The van der Waals surface area contributed by atoms with E-state index in [4.69, 9.17) is 4.74 Å². The first-order valence-electron chi connectivity index (χ1n) is 7.48. The number of anilines is 2. The van der Waals surface area contributed by atoms with Gasteiger partial charge >= 0.3 is 12.3 Å². The van der Waals surface area contributed by atoms with Crippen molar-refractivity contribution >= 4 is 46.0 Å². The fourth-order valence-corrected chi connectivity index (χ4v) is 2.91. The molecule has 1 aliphatic rings. The van der Waals surface area contributed by atoms with Gasteiger partial charge in [0.25, 0.3) is 5.91 Å². The fourth-order valence-electron chi connectivity index (χ4n) is 2.43. The van der Waals surface area contributed by atoms with E-state index in [-0.39, 0.29) is 17.9 Å². The van der Waals surface area contributed by atoms with E-state index in [1.165, 1.54) is 23.1 Å². The lowest BCUT2D eigenvalue weighted by Crippen LogP contribution is -2.23. The fraction of sp³-hybridized carbons (Fsp3) is 0.176. The van der Waals surface area contributed by atoms with Crippen molar-refractivity contribution in [2.24, 2.45) is 0 Å². The van der Waals surface area contributed by atoms with E-state index < -0.39 is 23.7 Å². The molecular formula is C17H12F3IN2O3. The first-order chi connectivity index (χ1) is 12.3. The van der Waals surface area contributed by atoms with E-state index in [0.29, 0.717) is 15.8 Å². The molecule has 2 aromatic rings. The monoisotopic (exact) mass is 476 g/mol. The minimum Gasteiger partial charge on any atom is -0.447 e. The first-order valence-corrected chi connectivity index (χ1v) is 8.56. The lowest BCUT2D eigenvalue weighted by Gasteiger charge is -2.15. The molecule has 2 amide bonds. The van der Waals surface area contributed by atoms with E-state index in [2.05, 4.69) is 5.32 Å². The van der Waals surface area contributed by atoms with Gasteiger partial charge < -0.3 is 10.1 Å². The number of alkyl halides is 3. The molecule has 0 aromatic heterocycles. The zero-order valence-corrected chi connectivity index (χ0v) is 15.3. The lowest BCUT2D eigenvalue weighted by molar-refractivity contribution is -0.137. The maximum Gasteiger partial charge on any atom is 0.416 e. The molecule has 5 nitrogen and oxygen atoms in total. The zero-order chi connectivity index (χ0) is 18.9. The minimum absolute atomic E-state index is 0.0661. The molecule has 0 spiro atoms. The van der Waals surface area contributed by atoms with Gasteiger partial charge in [-0.3, -0.25) is 9.69 Å². The summed E-state index contributed by atoms with van der Waals surface area (Å²) in [5, 5.41) is 2.49. The quantitative estimate of drug-likeness (QED) is 0.664. The number of hydrogen-bond donors (Lipinski definition) is 1. The molecule has 0 atom stereocenters. The molecule has 1 aliphatic heterocycles. The molecule has 0 aliphatic carbocycles. The molecule has 0 bridgehead atoms. The number of cyclic esters (lactones) is 1. The number of halogens is 4. The third kappa shape index (κ3) is 3.92. The molecule has 1 fully saturated rings. The van der Waals surface area contributed by atoms with Crippen LogP contribution in [0.15, 0.2) is 42.5 Å². The number of amides is 2. The van der Waals surface area contributed by atoms with Crippen LogP contribution in [0.4, 0.5) is 29.3 Å². The summed E-state index contributed by atoms with van der Waals surface area (Å²) < 4.78 is 43.9. The van der Waals surface area contributed by atoms with Crippen molar-refractivity contribution in [1.29, 1.82) is 0 Å². The maximum atomic E-state index is 12.9. The van der Waals surface area contributed by atoms with E-state index in [0.717, 1.165) is 12.1 Å². The number of carbonyl (C=O) groups is 2. The van der Waals surface area contributed by atoms with Crippen LogP contribution >= 0.6 is 22.6 Å². The predicted molar refractivity (Wildman–Crippen MR) is 97.3 cm³/mol. The molecule has 136 valence electrons. The van der Waals surface area contributed by atoms with Crippen LogP contribution in [0.3, 0.4) is 0 Å². The number of hydrogen-bond acceptors (Lipinski definition) is 3. The molecule has 2 aromatic carbocycles. The molecule has 3 rings (SSSR count). The molecule has 1 heterocycles. The average molecular weight is 476 g/mol. The predicted octanol–water partition coefficient (Wildman–Crippen LogP) is 4.52. The Morgan fingerprint density at radius 1 is 1.19 bits per heavy atom. The summed E-state index contributed by atoms with van der Waals surface area (Å²) in [7, 11) is 0. The van der Waals surface area contributed by atoms with Gasteiger partial charge in [0.1, 0.15) is 6.61 Å². The summed E-state index contributed by atoms with van der Waals surface area (Å²) in [5.74, 6) is -0.573. The summed E-state index contributed by atoms with van der Waals surface area (Å²) in [6.45, 7) is 0.632. The van der Waals surface area contributed by atoms with Crippen LogP contribution in [0, 0.1) is 3.57 Å². The normalized spacial score (nSPS) is 14.3. The van der Waals surface area contributed by atoms with Gasteiger partial charge in [0.05, 0.1) is 17.8 Å². The van der Waals surface area contributed by atoms with Gasteiger partial charge in [-0.1, -0.05) is 6.07 Å². The number of rotatable bonds is 3. The summed E-state index contributed by atoms with van der Waals surface area (Å²) in [5.41, 5.74) is -0.0764. The number of ether oxygens (including phenoxy) is 1. The van der Waals surface area contributed by atoms with Crippen molar-refractivity contribution in [1.82, 2.24) is 0 Å². The van der Waals surface area contributed by atoms with Crippen molar-refractivity contribution in [2.45, 2.75) is 6.18 Å². The van der Waals surface area contributed by atoms with Crippen LogP contribution in [0.25, 0.3) is 0 Å². The molecule has 9 heteroatoms. The van der Waals surface area contributed by atoms with Crippen LogP contribution in [-0.4, -0.2) is 25.2 Å². The molecule has 0 unspecified atom stereocenters. The number of carbonyl (C=O) groups excluding carboxylic acids is 2. The van der Waals surface area contributed by atoms with E-state index in [1.54, 1.807) is 12.1 Å². The van der Waals surface area contributed by atoms with Crippen molar-refractivity contribution in [3.8, 4) is 0 Å². The van der Waals surface area contributed by atoms with Crippen LogP contribution < -0.4 is 10.2 Å². The van der Waals surface area contributed by atoms with Crippen LogP contribution in [0.1, 0.15) is 15.9 Å². The Hall–Kier alpha value is -2.30. The smallest absolute Gasteiger partial charge is 0.416 e. The highest BCUT2D eigenvalue weighted by atomic mass is 127. The van der Waals surface area contributed by atoms with Crippen molar-refractivity contribution in [2.75, 3.05) is 23.4 Å². The van der Waals surface area contributed by atoms with Gasteiger partial charge in [0.15, 0.2) is 0 Å². The third-order valence-electron chi connectivity index (χ3n) is 3.72. The van der Waals surface area contributed by atoms with Crippen LogP contribution in [0.2, 0.25) is 0 Å². The number of nitrogens with one attached hydrogen (secondary N) is 1. The maximum absolute atomic E-state index is 12.9. The van der Waals surface area contributed by atoms with Gasteiger partial charge in [0.2, 0.25) is 0 Å². The summed E-state index contributed by atoms with van der Waals surface area (Å²) in [6.07, 6.45) is -5.00. The lowest BCUT2D eigenvalue weighted by atomic mass is 10.1. The standard InChI is InChI=1S/C17H12F3IN2O3/c18-17(19,20)11-4-5-13(21)14(9-11)22-15(24)10-2-1-3-12(8-10)23-6-7-26-16(23)25/h1-5,8-9H,6-7H2,(H,22,24). The molecule has 26 heavy (non-hydrogen) atoms. The first kappa shape index (κ1) is 18.5. The molecule has 1 N–H and O–H groups in total. The van der Waals surface area contributed by atoms with Gasteiger partial charge in [0, 0.05) is 14.8 Å². The Labute approximate surface area is 160 Å². The Bertz CT molecular complexity index is 871. The largest absolute Gasteiger partial charge is 0.447 e. The van der Waals surface area contributed by atoms with Crippen molar-refractivity contribution in [3.05, 3.63) is 57.2 Å². The van der Waals surface area contributed by atoms with Crippen molar-refractivity contribution in [3.63, 3.8) is 0 Å². The van der Waals surface area contributed by atoms with Gasteiger partial charge in [-0.25, -0.2) is 4.79 Å². The Morgan fingerprint density at radius 3 is 2.62 bits per heavy atom. The van der Waals surface area contributed by atoms with Gasteiger partial charge in [-0.15, -0.1) is 0 Å². The SMILES string of the molecule is O=C(Nc1cc(C(F)(F)F)ccc1I)c1cccc(N2CCOC2=O)c1. The average Bonchev–Trinajstić information content (AvgIpc) is 3.02. The van der Waals surface area contributed by atoms with Crippen molar-refractivity contribution < 1.29 is 27.5 Å². The molecule has 1 saturated heterocycles. The minimum atomic E-state index is -4.50. The Balaban J connectivity index is 1.84. The Kier molecular flexibility index (Phi) is 5.08. The summed E-state index contributed by atoms with van der Waals surface area (Å²) >= 11 is 1.85. The van der Waals surface area contributed by atoms with Crippen LogP contribution in [0.5, 0.6) is 0 Å². The second kappa shape index (κ2) is 7.14. The topological polar surface area (TPSA) is 58.6 Å². The number of nitrogens with zero attached hydrogens (tertiary/aromatic N) is 1. The molecular weight excluding hydrogens is 464 g/mol.